The maximum atomic E-state index is 12.7. The summed E-state index contributed by atoms with van der Waals surface area (Å²) in [6, 6.07) is 9.43. The fraction of sp³-hybridized carbons (Fsp3) is 0.594. The Kier molecular flexibility index (Phi) is 17.2. The number of nitrogens with one attached hydrogen (secondary N) is 4. The van der Waals surface area contributed by atoms with Crippen LogP contribution >= 0.6 is 12.6 Å². The standard InChI is InChI=1S/C18H31N5O4.C7H13NO.C7H8S/c1-7-8-9-12(14(24)22-13-10-19-11-20-13)21-15(25)18(5,6)23-16(26)27-17(2,3)4;1-7-2-4-8(6-9)5-3-7;8-6-7-4-2-1-3-5-7/h10-12H,7-9H2,1-6H3,(H,19,20)(H,21,25)(H,22,24)(H,23,26);6-7H,2-5H2,1H3;1-5,8H,6H2. The normalized spacial score (nSPS) is 14.0. The van der Waals surface area contributed by atoms with E-state index in [9.17, 15) is 19.2 Å². The molecule has 2 aromatic rings. The summed E-state index contributed by atoms with van der Waals surface area (Å²) in [5.41, 5.74) is -0.651. The molecule has 1 aromatic carbocycles. The highest BCUT2D eigenvalue weighted by Crippen LogP contribution is 2.14. The van der Waals surface area contributed by atoms with Crippen molar-refractivity contribution < 1.29 is 23.9 Å². The average molecular weight is 633 g/mol. The molecule has 1 aliphatic heterocycles. The molecule has 246 valence electrons. The van der Waals surface area contributed by atoms with E-state index in [1.165, 1.54) is 30.9 Å². The molecule has 0 aliphatic carbocycles. The molecule has 12 heteroatoms. The molecular formula is C32H52N6O5S. The van der Waals surface area contributed by atoms with Crippen molar-refractivity contribution in [1.82, 2.24) is 25.5 Å². The first-order valence-electron chi connectivity index (χ1n) is 15.2. The van der Waals surface area contributed by atoms with Gasteiger partial charge in [-0.05, 0) is 65.4 Å². The molecule has 2 heterocycles. The van der Waals surface area contributed by atoms with Crippen molar-refractivity contribution in [3.8, 4) is 0 Å². The number of H-pyrrole nitrogens is 1. The topological polar surface area (TPSA) is 146 Å². The number of likely N-dealkylation sites (tertiary alicyclic amines) is 1. The minimum Gasteiger partial charge on any atom is -0.444 e. The van der Waals surface area contributed by atoms with Gasteiger partial charge in [-0.1, -0.05) is 57.0 Å². The smallest absolute Gasteiger partial charge is 0.408 e. The molecule has 1 aliphatic rings. The van der Waals surface area contributed by atoms with Crippen LogP contribution in [0.1, 0.15) is 86.1 Å². The molecule has 4 N–H and O–H groups in total. The van der Waals surface area contributed by atoms with E-state index in [4.69, 9.17) is 4.74 Å². The van der Waals surface area contributed by atoms with Crippen LogP contribution in [0.3, 0.4) is 0 Å². The van der Waals surface area contributed by atoms with Gasteiger partial charge < -0.3 is 30.6 Å². The number of imidazole rings is 1. The lowest BCUT2D eigenvalue weighted by Gasteiger charge is -2.29. The number of unbranched alkanes of at least 4 members (excludes halogenated alkanes) is 1. The first-order chi connectivity index (χ1) is 20.7. The number of amides is 4. The quantitative estimate of drug-likeness (QED) is 0.177. The predicted octanol–water partition coefficient (Wildman–Crippen LogP) is 5.32. The summed E-state index contributed by atoms with van der Waals surface area (Å²) in [7, 11) is 0. The Morgan fingerprint density at radius 2 is 1.77 bits per heavy atom. The predicted molar refractivity (Wildman–Crippen MR) is 177 cm³/mol. The summed E-state index contributed by atoms with van der Waals surface area (Å²) >= 11 is 4.11. The van der Waals surface area contributed by atoms with Crippen LogP contribution in [-0.4, -0.2) is 69.5 Å². The Hall–Kier alpha value is -3.54. The number of carbonyl (C=O) groups excluding carboxylic acids is 4. The van der Waals surface area contributed by atoms with Crippen LogP contribution in [-0.2, 0) is 24.9 Å². The maximum absolute atomic E-state index is 12.7. The number of nitrogens with zero attached hydrogens (tertiary/aromatic N) is 2. The van der Waals surface area contributed by atoms with Crippen molar-refractivity contribution in [3.05, 3.63) is 48.4 Å². The van der Waals surface area contributed by atoms with Gasteiger partial charge in [0.2, 0.25) is 18.2 Å². The molecule has 3 rings (SSSR count). The van der Waals surface area contributed by atoms with Crippen molar-refractivity contribution in [2.45, 2.75) is 104 Å². The number of anilines is 1. The number of thiol groups is 1. The summed E-state index contributed by atoms with van der Waals surface area (Å²) in [6.45, 7) is 14.5. The second-order valence-electron chi connectivity index (χ2n) is 12.3. The van der Waals surface area contributed by atoms with Crippen molar-refractivity contribution in [2.24, 2.45) is 5.92 Å². The molecule has 1 saturated heterocycles. The van der Waals surface area contributed by atoms with Gasteiger partial charge in [-0.2, -0.15) is 12.6 Å². The third-order valence-corrected chi connectivity index (χ3v) is 6.96. The fourth-order valence-corrected chi connectivity index (χ4v) is 4.10. The van der Waals surface area contributed by atoms with Crippen LogP contribution in [0.5, 0.6) is 0 Å². The Balaban J connectivity index is 0.000000455. The van der Waals surface area contributed by atoms with Gasteiger partial charge >= 0.3 is 6.09 Å². The van der Waals surface area contributed by atoms with Gasteiger partial charge in [0.25, 0.3) is 0 Å². The highest BCUT2D eigenvalue weighted by atomic mass is 32.1. The number of aromatic amines is 1. The van der Waals surface area contributed by atoms with Crippen LogP contribution in [0, 0.1) is 5.92 Å². The van der Waals surface area contributed by atoms with Crippen LogP contribution in [0.2, 0.25) is 0 Å². The average Bonchev–Trinajstić information content (AvgIpc) is 3.48. The first kappa shape index (κ1) is 38.5. The van der Waals surface area contributed by atoms with E-state index in [1.807, 2.05) is 30.0 Å². The molecular weight excluding hydrogens is 580 g/mol. The number of alkyl carbamates (subject to hydrolysis) is 1. The molecule has 0 radical (unpaired) electrons. The van der Waals surface area contributed by atoms with Gasteiger partial charge in [0, 0.05) is 18.8 Å². The van der Waals surface area contributed by atoms with Gasteiger partial charge in [-0.15, -0.1) is 0 Å². The number of hydrogen-bond acceptors (Lipinski definition) is 7. The number of hydrogen-bond donors (Lipinski definition) is 5. The maximum Gasteiger partial charge on any atom is 0.408 e. The fourth-order valence-electron chi connectivity index (χ4n) is 3.89. The third-order valence-electron chi connectivity index (χ3n) is 6.60. The largest absolute Gasteiger partial charge is 0.444 e. The van der Waals surface area contributed by atoms with E-state index in [1.54, 1.807) is 34.6 Å². The Morgan fingerprint density at radius 3 is 2.25 bits per heavy atom. The number of benzene rings is 1. The Morgan fingerprint density at radius 1 is 1.14 bits per heavy atom. The minimum atomic E-state index is -1.25. The van der Waals surface area contributed by atoms with Gasteiger partial charge in [-0.25, -0.2) is 9.78 Å². The van der Waals surface area contributed by atoms with E-state index in [0.717, 1.165) is 44.0 Å². The summed E-state index contributed by atoms with van der Waals surface area (Å²) < 4.78 is 5.19. The number of ether oxygens (including phenoxy) is 1. The Labute approximate surface area is 268 Å². The van der Waals surface area contributed by atoms with Crippen molar-refractivity contribution in [2.75, 3.05) is 18.4 Å². The van der Waals surface area contributed by atoms with Crippen molar-refractivity contribution in [3.63, 3.8) is 0 Å². The molecule has 0 saturated carbocycles. The van der Waals surface area contributed by atoms with E-state index < -0.39 is 29.2 Å². The monoisotopic (exact) mass is 632 g/mol. The van der Waals surface area contributed by atoms with Crippen molar-refractivity contribution in [1.29, 1.82) is 0 Å². The van der Waals surface area contributed by atoms with E-state index in [2.05, 4.69) is 57.6 Å². The van der Waals surface area contributed by atoms with Gasteiger partial charge in [0.1, 0.15) is 23.0 Å². The molecule has 0 bridgehead atoms. The second-order valence-corrected chi connectivity index (χ2v) is 12.7. The molecule has 44 heavy (non-hydrogen) atoms. The van der Waals surface area contributed by atoms with E-state index in [0.29, 0.717) is 12.2 Å². The van der Waals surface area contributed by atoms with E-state index in [-0.39, 0.29) is 5.91 Å². The lowest BCUT2D eigenvalue weighted by atomic mass is 10.00. The highest BCUT2D eigenvalue weighted by Gasteiger charge is 2.34. The molecule has 0 spiro atoms. The molecule has 1 atom stereocenters. The zero-order valence-corrected chi connectivity index (χ0v) is 28.2. The van der Waals surface area contributed by atoms with Crippen LogP contribution < -0.4 is 16.0 Å². The minimum absolute atomic E-state index is 0.353. The molecule has 11 nitrogen and oxygen atoms in total. The SMILES string of the molecule is CC1CCN(C=O)CC1.CCCCC(NC(=O)C(C)(C)NC(=O)OC(C)(C)C)C(=O)Nc1cnc[nH]1.SCc1ccccc1. The summed E-state index contributed by atoms with van der Waals surface area (Å²) in [4.78, 5) is 55.8. The second kappa shape index (κ2) is 19.7. The van der Waals surface area contributed by atoms with Gasteiger partial charge in [0.15, 0.2) is 0 Å². The van der Waals surface area contributed by atoms with Crippen molar-refractivity contribution >= 4 is 42.8 Å². The number of piperidine rings is 1. The zero-order chi connectivity index (χ0) is 33.2. The lowest BCUT2D eigenvalue weighted by molar-refractivity contribution is -0.130. The lowest BCUT2D eigenvalue weighted by Crippen LogP contribution is -2.58. The third kappa shape index (κ3) is 16.3. The van der Waals surface area contributed by atoms with Gasteiger partial charge in [-0.3, -0.25) is 14.4 Å². The van der Waals surface area contributed by atoms with Gasteiger partial charge in [0.05, 0.1) is 12.5 Å². The van der Waals surface area contributed by atoms with E-state index >= 15 is 0 Å². The number of carbonyl (C=O) groups is 4. The summed E-state index contributed by atoms with van der Waals surface area (Å²) in [6.07, 6.45) is 7.65. The molecule has 1 aromatic heterocycles. The van der Waals surface area contributed by atoms with Crippen LogP contribution in [0.15, 0.2) is 42.9 Å². The van der Waals surface area contributed by atoms with Crippen LogP contribution in [0.4, 0.5) is 10.6 Å². The highest BCUT2D eigenvalue weighted by molar-refractivity contribution is 7.79. The summed E-state index contributed by atoms with van der Waals surface area (Å²) in [5, 5.41) is 7.93. The number of aromatic nitrogens is 2. The zero-order valence-electron chi connectivity index (χ0n) is 27.3. The summed E-state index contributed by atoms with van der Waals surface area (Å²) in [5.74, 6) is 1.27. The first-order valence-corrected chi connectivity index (χ1v) is 15.8. The molecule has 4 amide bonds. The molecule has 1 fully saturated rings. The van der Waals surface area contributed by atoms with Crippen LogP contribution in [0.25, 0.3) is 0 Å². The Bertz CT molecular complexity index is 1110. The number of rotatable bonds is 10. The molecule has 1 unspecified atom stereocenters.